The zero-order valence-electron chi connectivity index (χ0n) is 12.3. The van der Waals surface area contributed by atoms with Gasteiger partial charge in [-0.2, -0.15) is 0 Å². The molecule has 5 heteroatoms. The van der Waals surface area contributed by atoms with Crippen LogP contribution in [0.5, 0.6) is 11.5 Å². The van der Waals surface area contributed by atoms with Crippen molar-refractivity contribution < 1.29 is 9.47 Å². The van der Waals surface area contributed by atoms with Gasteiger partial charge >= 0.3 is 0 Å². The summed E-state index contributed by atoms with van der Waals surface area (Å²) >= 11 is 1.66. The lowest BCUT2D eigenvalue weighted by Gasteiger charge is -2.13. The Kier molecular flexibility index (Phi) is 4.62. The lowest BCUT2D eigenvalue weighted by atomic mass is 10.1. The molecule has 0 radical (unpaired) electrons. The summed E-state index contributed by atoms with van der Waals surface area (Å²) in [7, 11) is 1.63. The summed E-state index contributed by atoms with van der Waals surface area (Å²) in [5.74, 6) is 1.41. The van der Waals surface area contributed by atoms with E-state index in [1.165, 1.54) is 4.88 Å². The summed E-state index contributed by atoms with van der Waals surface area (Å²) in [4.78, 5) is 5.68. The van der Waals surface area contributed by atoms with E-state index in [0.29, 0.717) is 18.1 Å². The van der Waals surface area contributed by atoms with E-state index in [0.717, 1.165) is 16.3 Å². The van der Waals surface area contributed by atoms with Crippen LogP contribution in [0.4, 0.5) is 0 Å². The van der Waals surface area contributed by atoms with Crippen molar-refractivity contribution in [3.63, 3.8) is 0 Å². The number of ether oxygens (including phenoxy) is 2. The molecule has 2 rings (SSSR count). The van der Waals surface area contributed by atoms with E-state index in [1.807, 2.05) is 32.0 Å². The van der Waals surface area contributed by atoms with E-state index in [2.05, 4.69) is 11.9 Å². The summed E-state index contributed by atoms with van der Waals surface area (Å²) in [5.41, 5.74) is 7.95. The number of rotatable bonds is 5. The minimum absolute atomic E-state index is 0.0257. The lowest BCUT2D eigenvalue weighted by Crippen LogP contribution is -2.05. The molecule has 0 fully saturated rings. The highest BCUT2D eigenvalue weighted by atomic mass is 32.1. The van der Waals surface area contributed by atoms with Crippen LogP contribution >= 0.6 is 11.3 Å². The molecule has 0 amide bonds. The second-order valence-electron chi connectivity index (χ2n) is 4.74. The van der Waals surface area contributed by atoms with Gasteiger partial charge in [0.25, 0.3) is 0 Å². The van der Waals surface area contributed by atoms with Gasteiger partial charge in [0.2, 0.25) is 0 Å². The molecule has 0 bridgehead atoms. The largest absolute Gasteiger partial charge is 0.493 e. The van der Waals surface area contributed by atoms with E-state index in [-0.39, 0.29) is 6.04 Å². The molecule has 0 aliphatic rings. The van der Waals surface area contributed by atoms with E-state index in [4.69, 9.17) is 15.2 Å². The van der Waals surface area contributed by atoms with Gasteiger partial charge in [-0.3, -0.25) is 0 Å². The molecule has 0 aliphatic carbocycles. The molecule has 0 saturated heterocycles. The lowest BCUT2D eigenvalue weighted by molar-refractivity contribution is 0.283. The molecule has 1 aromatic carbocycles. The van der Waals surface area contributed by atoms with Gasteiger partial charge in [-0.25, -0.2) is 4.98 Å². The molecule has 1 heterocycles. The molecule has 0 unspecified atom stereocenters. The van der Waals surface area contributed by atoms with E-state index in [9.17, 15) is 0 Å². The number of aromatic nitrogens is 1. The molecule has 4 nitrogen and oxygen atoms in total. The van der Waals surface area contributed by atoms with Gasteiger partial charge < -0.3 is 15.2 Å². The van der Waals surface area contributed by atoms with Gasteiger partial charge in [0.1, 0.15) is 11.6 Å². The van der Waals surface area contributed by atoms with Crippen LogP contribution in [0.2, 0.25) is 0 Å². The predicted molar refractivity (Wildman–Crippen MR) is 81.5 cm³/mol. The van der Waals surface area contributed by atoms with Crippen LogP contribution in [0, 0.1) is 13.8 Å². The molecule has 20 heavy (non-hydrogen) atoms. The van der Waals surface area contributed by atoms with Gasteiger partial charge in [-0.15, -0.1) is 11.3 Å². The Bertz CT molecular complexity index is 574. The van der Waals surface area contributed by atoms with Crippen LogP contribution in [0.25, 0.3) is 0 Å². The Morgan fingerprint density at radius 3 is 2.60 bits per heavy atom. The Morgan fingerprint density at radius 1 is 1.30 bits per heavy atom. The number of nitrogens with two attached hydrogens (primary N) is 1. The molecule has 2 N–H and O–H groups in total. The molecular weight excluding hydrogens is 272 g/mol. The second kappa shape index (κ2) is 6.24. The van der Waals surface area contributed by atoms with Gasteiger partial charge in [0, 0.05) is 10.9 Å². The normalized spacial score (nSPS) is 12.2. The maximum Gasteiger partial charge on any atom is 0.161 e. The van der Waals surface area contributed by atoms with E-state index < -0.39 is 0 Å². The first kappa shape index (κ1) is 14.8. The van der Waals surface area contributed by atoms with Crippen molar-refractivity contribution in [3.8, 4) is 11.5 Å². The molecule has 1 aromatic heterocycles. The number of thiazole rings is 1. The number of methoxy groups -OCH3 is 1. The fourth-order valence-corrected chi connectivity index (χ4v) is 2.67. The highest BCUT2D eigenvalue weighted by molar-refractivity contribution is 7.11. The molecule has 108 valence electrons. The summed E-state index contributed by atoms with van der Waals surface area (Å²) in [6, 6.07) is 5.74. The minimum Gasteiger partial charge on any atom is -0.493 e. The summed E-state index contributed by atoms with van der Waals surface area (Å²) in [6.07, 6.45) is 0. The van der Waals surface area contributed by atoms with E-state index in [1.54, 1.807) is 18.4 Å². The molecule has 0 spiro atoms. The highest BCUT2D eigenvalue weighted by Gasteiger charge is 2.10. The first-order valence-corrected chi connectivity index (χ1v) is 7.32. The van der Waals surface area contributed by atoms with Crippen LogP contribution in [0.3, 0.4) is 0 Å². The maximum atomic E-state index is 5.87. The fraction of sp³-hybridized carbons (Fsp3) is 0.400. The molecule has 0 saturated carbocycles. The van der Waals surface area contributed by atoms with Gasteiger partial charge in [0.15, 0.2) is 11.5 Å². The van der Waals surface area contributed by atoms with Crippen LogP contribution in [-0.4, -0.2) is 12.1 Å². The van der Waals surface area contributed by atoms with Gasteiger partial charge in [0.05, 0.1) is 12.8 Å². The molecular formula is C15H20N2O2S. The van der Waals surface area contributed by atoms with Crippen LogP contribution in [0.1, 0.15) is 34.1 Å². The maximum absolute atomic E-state index is 5.87. The monoisotopic (exact) mass is 292 g/mol. The number of nitrogens with zero attached hydrogens (tertiary/aromatic N) is 1. The Labute approximate surface area is 123 Å². The summed E-state index contributed by atoms with van der Waals surface area (Å²) in [5, 5.41) is 0.971. The van der Waals surface area contributed by atoms with Crippen LogP contribution in [-0.2, 0) is 6.61 Å². The summed E-state index contributed by atoms with van der Waals surface area (Å²) < 4.78 is 11.2. The number of hydrogen-bond acceptors (Lipinski definition) is 5. The van der Waals surface area contributed by atoms with Crippen molar-refractivity contribution in [3.05, 3.63) is 39.3 Å². The standard InChI is InChI=1S/C15H20N2O2S/c1-9(16)12-5-6-13(14(7-12)18-4)19-8-15-17-10(2)11(3)20-15/h5-7,9H,8,16H2,1-4H3/t9-/m0/s1. The first-order valence-electron chi connectivity index (χ1n) is 6.50. The minimum atomic E-state index is -0.0257. The average molecular weight is 292 g/mol. The number of aryl methyl sites for hydroxylation is 2. The second-order valence-corrected chi connectivity index (χ2v) is 6.02. The van der Waals surface area contributed by atoms with E-state index >= 15 is 0 Å². The summed E-state index contributed by atoms with van der Waals surface area (Å²) in [6.45, 7) is 6.46. The zero-order chi connectivity index (χ0) is 14.7. The number of benzene rings is 1. The smallest absolute Gasteiger partial charge is 0.161 e. The van der Waals surface area contributed by atoms with Crippen molar-refractivity contribution in [2.24, 2.45) is 5.73 Å². The molecule has 0 aliphatic heterocycles. The quantitative estimate of drug-likeness (QED) is 0.918. The van der Waals surface area contributed by atoms with Gasteiger partial charge in [-0.1, -0.05) is 6.07 Å². The first-order chi connectivity index (χ1) is 9.51. The fourth-order valence-electron chi connectivity index (χ4n) is 1.83. The SMILES string of the molecule is COc1cc([C@H](C)N)ccc1OCc1nc(C)c(C)s1. The zero-order valence-corrected chi connectivity index (χ0v) is 13.1. The van der Waals surface area contributed by atoms with Gasteiger partial charge in [-0.05, 0) is 38.5 Å². The third kappa shape index (κ3) is 3.29. The average Bonchev–Trinajstić information content (AvgIpc) is 2.75. The van der Waals surface area contributed by atoms with Crippen molar-refractivity contribution >= 4 is 11.3 Å². The third-order valence-electron chi connectivity index (χ3n) is 3.14. The Balaban J connectivity index is 2.12. The van der Waals surface area contributed by atoms with Crippen molar-refractivity contribution in [1.29, 1.82) is 0 Å². The molecule has 2 aromatic rings. The Morgan fingerprint density at radius 2 is 2.05 bits per heavy atom. The van der Waals surface area contributed by atoms with Crippen molar-refractivity contribution in [2.45, 2.75) is 33.4 Å². The third-order valence-corrected chi connectivity index (χ3v) is 4.18. The van der Waals surface area contributed by atoms with Crippen LogP contribution in [0.15, 0.2) is 18.2 Å². The molecule has 1 atom stereocenters. The van der Waals surface area contributed by atoms with Crippen LogP contribution < -0.4 is 15.2 Å². The number of hydrogen-bond donors (Lipinski definition) is 1. The Hall–Kier alpha value is -1.59. The van der Waals surface area contributed by atoms with Crippen molar-refractivity contribution in [2.75, 3.05) is 7.11 Å². The predicted octanol–water partition coefficient (Wildman–Crippen LogP) is 3.37. The van der Waals surface area contributed by atoms with Crippen molar-refractivity contribution in [1.82, 2.24) is 4.98 Å². The topological polar surface area (TPSA) is 57.4 Å². The highest BCUT2D eigenvalue weighted by Crippen LogP contribution is 2.30.